The molecule has 1 fully saturated rings. The van der Waals surface area contributed by atoms with Crippen LogP contribution in [0, 0.1) is 18.3 Å². The minimum Gasteiger partial charge on any atom is -0.490 e. The Bertz CT molecular complexity index is 1300. The van der Waals surface area contributed by atoms with Crippen LogP contribution in [0.25, 0.3) is 0 Å². The number of hydrogen-bond acceptors (Lipinski definition) is 10. The Morgan fingerprint density at radius 1 is 1.18 bits per heavy atom. The van der Waals surface area contributed by atoms with E-state index >= 15 is 0 Å². The van der Waals surface area contributed by atoms with E-state index < -0.39 is 0 Å². The normalized spacial score (nSPS) is 13.8. The van der Waals surface area contributed by atoms with Crippen LogP contribution in [0.3, 0.4) is 0 Å². The maximum atomic E-state index is 11.4. The molecule has 3 heterocycles. The number of aromatic amines is 1. The lowest BCUT2D eigenvalue weighted by molar-refractivity contribution is -0.114. The van der Waals surface area contributed by atoms with Gasteiger partial charge in [0.2, 0.25) is 11.7 Å². The summed E-state index contributed by atoms with van der Waals surface area (Å²) in [7, 11) is 1.63. The van der Waals surface area contributed by atoms with Crippen molar-refractivity contribution >= 4 is 46.6 Å². The van der Waals surface area contributed by atoms with E-state index in [-0.39, 0.29) is 11.8 Å². The summed E-state index contributed by atoms with van der Waals surface area (Å²) in [6, 6.07) is 9.48. The predicted octanol–water partition coefficient (Wildman–Crippen LogP) is 3.71. The number of nitrogens with one attached hydrogen (secondary N) is 5. The molecule has 4 rings (SSSR count). The predicted molar refractivity (Wildman–Crippen MR) is 159 cm³/mol. The minimum absolute atomic E-state index is 0.112. The van der Waals surface area contributed by atoms with E-state index in [0.717, 1.165) is 61.4 Å². The van der Waals surface area contributed by atoms with Crippen molar-refractivity contribution in [1.82, 2.24) is 30.4 Å². The number of rotatable bonds is 11. The molecule has 0 atom stereocenters. The highest BCUT2D eigenvalue weighted by atomic mass is 32.2. The van der Waals surface area contributed by atoms with E-state index in [0.29, 0.717) is 28.4 Å². The summed E-state index contributed by atoms with van der Waals surface area (Å²) < 4.78 is 5.84. The fraction of sp³-hybridized carbons (Fsp3) is 0.444. The average molecular weight is 567 g/mol. The Labute approximate surface area is 239 Å². The van der Waals surface area contributed by atoms with E-state index in [2.05, 4.69) is 35.9 Å². The fourth-order valence-electron chi connectivity index (χ4n) is 4.21. The smallest absolute Gasteiger partial charge is 0.221 e. The van der Waals surface area contributed by atoms with Crippen LogP contribution in [0.4, 0.5) is 23.1 Å². The molecule has 1 aliphatic rings. The number of hydrogen-bond donors (Lipinski definition) is 5. The van der Waals surface area contributed by atoms with E-state index in [4.69, 9.17) is 20.1 Å². The first-order valence-electron chi connectivity index (χ1n) is 13.3. The molecule has 0 spiro atoms. The van der Waals surface area contributed by atoms with Crippen molar-refractivity contribution in [3.05, 3.63) is 36.0 Å². The van der Waals surface area contributed by atoms with Gasteiger partial charge in [-0.3, -0.25) is 20.2 Å². The maximum Gasteiger partial charge on any atom is 0.221 e. The van der Waals surface area contributed by atoms with Crippen molar-refractivity contribution in [2.75, 3.05) is 61.9 Å². The molecule has 40 heavy (non-hydrogen) atoms. The molecule has 0 aliphatic carbocycles. The molecule has 0 saturated carbocycles. The van der Waals surface area contributed by atoms with Gasteiger partial charge in [0.15, 0.2) is 22.6 Å². The van der Waals surface area contributed by atoms with Crippen LogP contribution < -0.4 is 25.6 Å². The van der Waals surface area contributed by atoms with Crippen LogP contribution in [0.5, 0.6) is 5.75 Å². The highest BCUT2D eigenvalue weighted by molar-refractivity contribution is 7.99. The number of amides is 1. The molecule has 1 aliphatic heterocycles. The Balaban J connectivity index is 1.53. The summed E-state index contributed by atoms with van der Waals surface area (Å²) in [5, 5.41) is 25.1. The topological polar surface area (TPSA) is 147 Å². The van der Waals surface area contributed by atoms with Gasteiger partial charge in [0.05, 0.1) is 12.9 Å². The van der Waals surface area contributed by atoms with Crippen LogP contribution in [-0.4, -0.2) is 83.2 Å². The van der Waals surface area contributed by atoms with Crippen LogP contribution in [0.1, 0.15) is 26.5 Å². The minimum atomic E-state index is -0.112. The summed E-state index contributed by atoms with van der Waals surface area (Å²) >= 11 is 1.43. The number of H-pyrrole nitrogens is 1. The number of benzene rings is 1. The van der Waals surface area contributed by atoms with Crippen molar-refractivity contribution in [3.8, 4) is 5.75 Å². The molecule has 1 saturated heterocycles. The van der Waals surface area contributed by atoms with Gasteiger partial charge in [-0.1, -0.05) is 13.8 Å². The quantitative estimate of drug-likeness (QED) is 0.132. The Kier molecular flexibility index (Phi) is 9.83. The van der Waals surface area contributed by atoms with E-state index in [1.807, 2.05) is 51.1 Å². The molecule has 3 aromatic rings. The molecule has 0 unspecified atom stereocenters. The van der Waals surface area contributed by atoms with E-state index in [9.17, 15) is 4.79 Å². The van der Waals surface area contributed by atoms with Gasteiger partial charge in [-0.25, -0.2) is 9.97 Å². The van der Waals surface area contributed by atoms with E-state index in [1.54, 1.807) is 7.11 Å². The summed E-state index contributed by atoms with van der Waals surface area (Å²) in [5.74, 6) is 3.13. The summed E-state index contributed by atoms with van der Waals surface area (Å²) in [5.41, 5.74) is 1.66. The van der Waals surface area contributed by atoms with Gasteiger partial charge in [0, 0.05) is 74.5 Å². The van der Waals surface area contributed by atoms with Crippen LogP contribution in [-0.2, 0) is 4.79 Å². The number of ether oxygens (including phenoxy) is 1. The van der Waals surface area contributed by atoms with Crippen molar-refractivity contribution in [3.63, 3.8) is 0 Å². The van der Waals surface area contributed by atoms with Gasteiger partial charge in [-0.2, -0.15) is 5.10 Å². The number of amidine groups is 1. The van der Waals surface area contributed by atoms with Crippen LogP contribution >= 0.6 is 11.8 Å². The SMILES string of the molecule is COc1c(Nc2cc(C)[nH]n2)nc(Sc2ccc(NC(C)=O)cc2)nc1N1CCN(CCNC(=N)C(C)C)CC1. The number of anilines is 4. The molecule has 12 nitrogen and oxygen atoms in total. The largest absolute Gasteiger partial charge is 0.490 e. The van der Waals surface area contributed by atoms with Crippen molar-refractivity contribution < 1.29 is 9.53 Å². The Morgan fingerprint density at radius 2 is 1.90 bits per heavy atom. The molecule has 0 bridgehead atoms. The first-order chi connectivity index (χ1) is 19.2. The zero-order valence-electron chi connectivity index (χ0n) is 23.7. The maximum absolute atomic E-state index is 11.4. The number of nitrogens with zero attached hydrogens (tertiary/aromatic N) is 5. The van der Waals surface area contributed by atoms with Gasteiger partial charge in [0.1, 0.15) is 0 Å². The first-order valence-corrected chi connectivity index (χ1v) is 14.1. The van der Waals surface area contributed by atoms with Gasteiger partial charge in [0.25, 0.3) is 0 Å². The number of carbonyl (C=O) groups excluding carboxylic acids is 1. The zero-order valence-corrected chi connectivity index (χ0v) is 24.5. The second-order valence-corrected chi connectivity index (χ2v) is 10.9. The second kappa shape index (κ2) is 13.5. The van der Waals surface area contributed by atoms with E-state index in [1.165, 1.54) is 18.7 Å². The number of piperazine rings is 1. The van der Waals surface area contributed by atoms with Crippen LogP contribution in [0.15, 0.2) is 40.4 Å². The number of methoxy groups -OCH3 is 1. The third-order valence-electron chi connectivity index (χ3n) is 6.36. The number of carbonyl (C=O) groups is 1. The lowest BCUT2D eigenvalue weighted by Gasteiger charge is -2.36. The second-order valence-electron chi connectivity index (χ2n) is 9.90. The van der Waals surface area contributed by atoms with Gasteiger partial charge in [-0.05, 0) is 43.0 Å². The Morgan fingerprint density at radius 3 is 2.50 bits per heavy atom. The molecule has 1 aromatic carbocycles. The highest BCUT2D eigenvalue weighted by Crippen LogP contribution is 2.38. The van der Waals surface area contributed by atoms with Crippen molar-refractivity contribution in [1.29, 1.82) is 5.41 Å². The Hall–Kier alpha value is -3.84. The molecule has 214 valence electrons. The summed E-state index contributed by atoms with van der Waals surface area (Å²) in [6.45, 7) is 12.4. The summed E-state index contributed by atoms with van der Waals surface area (Å²) in [6.07, 6.45) is 0. The molecule has 2 aromatic heterocycles. The molecular formula is C27H38N10O2S. The molecular weight excluding hydrogens is 528 g/mol. The molecule has 13 heteroatoms. The monoisotopic (exact) mass is 566 g/mol. The third-order valence-corrected chi connectivity index (χ3v) is 7.23. The van der Waals surface area contributed by atoms with Crippen molar-refractivity contribution in [2.45, 2.75) is 37.7 Å². The third kappa shape index (κ3) is 7.85. The van der Waals surface area contributed by atoms with Gasteiger partial charge < -0.3 is 25.6 Å². The van der Waals surface area contributed by atoms with Gasteiger partial charge >= 0.3 is 0 Å². The zero-order chi connectivity index (χ0) is 28.6. The van der Waals surface area contributed by atoms with Crippen LogP contribution in [0.2, 0.25) is 0 Å². The number of aromatic nitrogens is 4. The fourth-order valence-corrected chi connectivity index (χ4v) is 4.96. The summed E-state index contributed by atoms with van der Waals surface area (Å²) in [4.78, 5) is 26.6. The molecule has 0 radical (unpaired) electrons. The van der Waals surface area contributed by atoms with Gasteiger partial charge in [-0.15, -0.1) is 0 Å². The first kappa shape index (κ1) is 29.2. The lowest BCUT2D eigenvalue weighted by atomic mass is 10.2. The number of aryl methyl sites for hydroxylation is 1. The van der Waals surface area contributed by atoms with Crippen molar-refractivity contribution in [2.24, 2.45) is 5.92 Å². The lowest BCUT2D eigenvalue weighted by Crippen LogP contribution is -2.49. The standard InChI is InChI=1S/C27H38N10O2S/c1-17(2)24(28)29-10-11-36-12-14-37(15-13-36)26-23(39-5)25(31-22-16-18(3)34-35-22)32-27(33-26)40-21-8-6-20(7-9-21)30-19(4)38/h6-9,16-17H,10-15H2,1-5H3,(H2,28,29)(H,30,38)(H2,31,32,33,34,35). The molecule has 5 N–H and O–H groups in total. The molecule has 1 amide bonds. The highest BCUT2D eigenvalue weighted by Gasteiger charge is 2.25. The average Bonchev–Trinajstić information content (AvgIpc) is 3.33.